The van der Waals surface area contributed by atoms with Crippen molar-refractivity contribution in [1.82, 2.24) is 19.8 Å². The summed E-state index contributed by atoms with van der Waals surface area (Å²) in [5, 5.41) is 0. The Hall–Kier alpha value is -2.80. The van der Waals surface area contributed by atoms with Crippen molar-refractivity contribution in [3.8, 4) is 0 Å². The molecule has 0 radical (unpaired) electrons. The fourth-order valence-electron chi connectivity index (χ4n) is 4.40. The van der Waals surface area contributed by atoms with E-state index < -0.39 is 0 Å². The number of aryl methyl sites for hydroxylation is 1. The maximum atomic E-state index is 13.2. The van der Waals surface area contributed by atoms with E-state index in [1.807, 2.05) is 42.2 Å². The van der Waals surface area contributed by atoms with Crippen molar-refractivity contribution >= 4 is 11.8 Å². The second-order valence-electron chi connectivity index (χ2n) is 8.49. The van der Waals surface area contributed by atoms with Crippen LogP contribution in [0.4, 0.5) is 0 Å². The smallest absolute Gasteiger partial charge is 0.274 e. The van der Waals surface area contributed by atoms with Crippen molar-refractivity contribution in [2.75, 3.05) is 19.6 Å². The number of aromatic nitrogens is 2. The number of benzene rings is 1. The average Bonchev–Trinajstić information content (AvgIpc) is 2.98. The molecule has 2 aliphatic rings. The summed E-state index contributed by atoms with van der Waals surface area (Å²) in [4.78, 5) is 38.2. The van der Waals surface area contributed by atoms with Gasteiger partial charge in [-0.3, -0.25) is 14.6 Å². The predicted octanol–water partition coefficient (Wildman–Crippen LogP) is 2.99. The quantitative estimate of drug-likeness (QED) is 0.740. The Morgan fingerprint density at radius 2 is 1.84 bits per heavy atom. The molecule has 4 rings (SSSR count). The van der Waals surface area contributed by atoms with Gasteiger partial charge in [0.15, 0.2) is 0 Å². The summed E-state index contributed by atoms with van der Waals surface area (Å²) in [5.41, 5.74) is 2.08. The summed E-state index contributed by atoms with van der Waals surface area (Å²) in [6, 6.07) is 10.2. The number of ether oxygens (including phenoxy) is 1. The van der Waals surface area contributed by atoms with Crippen LogP contribution in [0.1, 0.15) is 53.8 Å². The van der Waals surface area contributed by atoms with Crippen molar-refractivity contribution in [3.63, 3.8) is 0 Å². The van der Waals surface area contributed by atoms with Crippen LogP contribution in [-0.4, -0.2) is 63.4 Å². The molecule has 2 fully saturated rings. The largest absolute Gasteiger partial charge is 0.370 e. The first-order valence-electron chi connectivity index (χ1n) is 11.1. The number of hydrogen-bond acceptors (Lipinski definition) is 5. The zero-order chi connectivity index (χ0) is 21.6. The molecule has 7 nitrogen and oxygen atoms in total. The third kappa shape index (κ3) is 5.47. The topological polar surface area (TPSA) is 75.6 Å². The molecule has 1 aliphatic heterocycles. The Balaban J connectivity index is 1.52. The van der Waals surface area contributed by atoms with Gasteiger partial charge >= 0.3 is 0 Å². The highest BCUT2D eigenvalue weighted by atomic mass is 16.5. The standard InChI is InChI=1S/C24H30N4O3/c1-18-12-26-22(13-25-18)24(30)27-14-21(31-17-19-8-4-2-5-9-19)15-28(23(29)16-27)20-10-6-3-7-11-20/h2,4-5,8-9,12-13,20-21H,3,6-7,10-11,14-17H2,1H3/t21-/m0/s1. The first-order chi connectivity index (χ1) is 15.1. The Bertz CT molecular complexity index is 881. The monoisotopic (exact) mass is 422 g/mol. The predicted molar refractivity (Wildman–Crippen MR) is 116 cm³/mol. The van der Waals surface area contributed by atoms with E-state index in [2.05, 4.69) is 9.97 Å². The third-order valence-electron chi connectivity index (χ3n) is 6.10. The molecule has 1 aromatic heterocycles. The van der Waals surface area contributed by atoms with E-state index in [1.165, 1.54) is 12.6 Å². The van der Waals surface area contributed by atoms with Gasteiger partial charge in [-0.15, -0.1) is 0 Å². The first kappa shape index (κ1) is 21.4. The van der Waals surface area contributed by atoms with Gasteiger partial charge in [-0.2, -0.15) is 0 Å². The molecule has 1 saturated heterocycles. The molecule has 0 spiro atoms. The van der Waals surface area contributed by atoms with Crippen LogP contribution in [0.25, 0.3) is 0 Å². The molecule has 1 aliphatic carbocycles. The molecule has 7 heteroatoms. The second kappa shape index (κ2) is 10.0. The minimum absolute atomic E-state index is 0.00821. The van der Waals surface area contributed by atoms with E-state index in [1.54, 1.807) is 11.1 Å². The molecule has 0 N–H and O–H groups in total. The van der Waals surface area contributed by atoms with E-state index in [-0.39, 0.29) is 36.2 Å². The molecular weight excluding hydrogens is 392 g/mol. The molecule has 0 unspecified atom stereocenters. The summed E-state index contributed by atoms with van der Waals surface area (Å²) >= 11 is 0. The van der Waals surface area contributed by atoms with E-state index in [9.17, 15) is 9.59 Å². The van der Waals surface area contributed by atoms with Crippen molar-refractivity contribution in [1.29, 1.82) is 0 Å². The summed E-state index contributed by atoms with van der Waals surface area (Å²) < 4.78 is 6.23. The van der Waals surface area contributed by atoms with Crippen molar-refractivity contribution in [2.45, 2.75) is 57.8 Å². The Labute approximate surface area is 183 Å². The molecule has 2 heterocycles. The number of nitrogens with zero attached hydrogens (tertiary/aromatic N) is 4. The van der Waals surface area contributed by atoms with Gasteiger partial charge in [0.1, 0.15) is 12.2 Å². The summed E-state index contributed by atoms with van der Waals surface area (Å²) in [6.07, 6.45) is 8.36. The lowest BCUT2D eigenvalue weighted by molar-refractivity contribution is -0.134. The molecule has 1 atom stereocenters. The maximum absolute atomic E-state index is 13.2. The van der Waals surface area contributed by atoms with Crippen LogP contribution in [0.2, 0.25) is 0 Å². The third-order valence-corrected chi connectivity index (χ3v) is 6.10. The van der Waals surface area contributed by atoms with Crippen LogP contribution in [-0.2, 0) is 16.1 Å². The molecular formula is C24H30N4O3. The fourth-order valence-corrected chi connectivity index (χ4v) is 4.40. The highest BCUT2D eigenvalue weighted by Crippen LogP contribution is 2.25. The van der Waals surface area contributed by atoms with Crippen molar-refractivity contribution in [2.24, 2.45) is 0 Å². The highest BCUT2D eigenvalue weighted by Gasteiger charge is 2.35. The van der Waals surface area contributed by atoms with E-state index >= 15 is 0 Å². The van der Waals surface area contributed by atoms with Crippen molar-refractivity contribution < 1.29 is 14.3 Å². The number of amides is 2. The highest BCUT2D eigenvalue weighted by molar-refractivity contribution is 5.95. The summed E-state index contributed by atoms with van der Waals surface area (Å²) in [7, 11) is 0. The number of rotatable bonds is 5. The van der Waals surface area contributed by atoms with Gasteiger partial charge in [-0.05, 0) is 25.3 Å². The lowest BCUT2D eigenvalue weighted by atomic mass is 9.94. The minimum atomic E-state index is -0.278. The van der Waals surface area contributed by atoms with Crippen LogP contribution in [0.3, 0.4) is 0 Å². The number of carbonyl (C=O) groups is 2. The van der Waals surface area contributed by atoms with Gasteiger partial charge in [-0.1, -0.05) is 49.6 Å². The molecule has 1 saturated carbocycles. The van der Waals surface area contributed by atoms with Crippen LogP contribution >= 0.6 is 0 Å². The molecule has 1 aromatic carbocycles. The van der Waals surface area contributed by atoms with E-state index in [0.29, 0.717) is 19.7 Å². The van der Waals surface area contributed by atoms with Crippen LogP contribution in [0.5, 0.6) is 0 Å². The first-order valence-corrected chi connectivity index (χ1v) is 11.1. The van der Waals surface area contributed by atoms with Crippen LogP contribution < -0.4 is 0 Å². The van der Waals surface area contributed by atoms with Gasteiger partial charge in [0, 0.05) is 25.3 Å². The van der Waals surface area contributed by atoms with E-state index in [4.69, 9.17) is 4.74 Å². The van der Waals surface area contributed by atoms with Gasteiger partial charge in [-0.25, -0.2) is 4.98 Å². The lowest BCUT2D eigenvalue weighted by Crippen LogP contribution is -2.46. The number of carbonyl (C=O) groups excluding carboxylic acids is 2. The summed E-state index contributed by atoms with van der Waals surface area (Å²) in [5.74, 6) is -0.286. The van der Waals surface area contributed by atoms with Gasteiger partial charge < -0.3 is 14.5 Å². The molecule has 2 aromatic rings. The zero-order valence-corrected chi connectivity index (χ0v) is 18.1. The van der Waals surface area contributed by atoms with Gasteiger partial charge in [0.05, 0.1) is 24.6 Å². The van der Waals surface area contributed by atoms with Crippen LogP contribution in [0.15, 0.2) is 42.7 Å². The van der Waals surface area contributed by atoms with E-state index in [0.717, 1.165) is 36.9 Å². The van der Waals surface area contributed by atoms with Gasteiger partial charge in [0.25, 0.3) is 5.91 Å². The Morgan fingerprint density at radius 3 is 2.55 bits per heavy atom. The molecule has 0 bridgehead atoms. The Morgan fingerprint density at radius 1 is 1.06 bits per heavy atom. The average molecular weight is 423 g/mol. The minimum Gasteiger partial charge on any atom is -0.370 e. The summed E-state index contributed by atoms with van der Waals surface area (Å²) in [6.45, 7) is 3.20. The number of hydrogen-bond donors (Lipinski definition) is 0. The fraction of sp³-hybridized carbons (Fsp3) is 0.500. The zero-order valence-electron chi connectivity index (χ0n) is 18.1. The van der Waals surface area contributed by atoms with Crippen LogP contribution in [0, 0.1) is 6.92 Å². The normalized spacial score (nSPS) is 20.5. The van der Waals surface area contributed by atoms with Crippen molar-refractivity contribution in [3.05, 3.63) is 59.7 Å². The Kier molecular flexibility index (Phi) is 6.92. The maximum Gasteiger partial charge on any atom is 0.274 e. The SMILES string of the molecule is Cc1cnc(C(=O)N2CC(=O)N(C3CCCCC3)C[C@@H](OCc3ccccc3)C2)cn1. The molecule has 2 amide bonds. The lowest BCUT2D eigenvalue weighted by Gasteiger charge is -2.34. The molecule has 31 heavy (non-hydrogen) atoms. The second-order valence-corrected chi connectivity index (χ2v) is 8.49. The van der Waals surface area contributed by atoms with Gasteiger partial charge in [0.2, 0.25) is 5.91 Å². The molecule has 164 valence electrons.